The van der Waals surface area contributed by atoms with E-state index >= 15 is 0 Å². The van der Waals surface area contributed by atoms with Crippen LogP contribution in [0.4, 0.5) is 0 Å². The third kappa shape index (κ3) is 11.0. The molecular formula is C24H40O5. The van der Waals surface area contributed by atoms with E-state index in [9.17, 15) is 20.1 Å². The van der Waals surface area contributed by atoms with Gasteiger partial charge in [-0.3, -0.25) is 4.79 Å². The predicted molar refractivity (Wildman–Crippen MR) is 116 cm³/mol. The second kappa shape index (κ2) is 15.0. The molecule has 0 fully saturated rings. The van der Waals surface area contributed by atoms with Crippen LogP contribution in [0.15, 0.2) is 12.1 Å². The van der Waals surface area contributed by atoms with Gasteiger partial charge in [0.15, 0.2) is 17.2 Å². The maximum atomic E-state index is 12.0. The van der Waals surface area contributed by atoms with E-state index < -0.39 is 23.2 Å². The average Bonchev–Trinajstić information content (AvgIpc) is 2.69. The van der Waals surface area contributed by atoms with Gasteiger partial charge in [0.25, 0.3) is 0 Å². The molecule has 1 unspecified atom stereocenters. The molecule has 0 spiro atoms. The number of phenols is 3. The van der Waals surface area contributed by atoms with E-state index in [-0.39, 0.29) is 6.42 Å². The molecule has 3 N–H and O–H groups in total. The number of hydrogen-bond acceptors (Lipinski definition) is 5. The van der Waals surface area contributed by atoms with E-state index in [1.807, 2.05) is 0 Å². The number of hydrogen-bond donors (Lipinski definition) is 3. The monoisotopic (exact) mass is 408 g/mol. The van der Waals surface area contributed by atoms with Crippen molar-refractivity contribution in [2.45, 2.75) is 97.3 Å². The van der Waals surface area contributed by atoms with E-state index in [0.29, 0.717) is 18.1 Å². The topological polar surface area (TPSA) is 87.0 Å². The molecule has 1 aromatic rings. The van der Waals surface area contributed by atoms with Crippen LogP contribution in [0, 0.1) is 5.92 Å². The first-order chi connectivity index (χ1) is 14.0. The molecule has 1 atom stereocenters. The smallest absolute Gasteiger partial charge is 0.310 e. The van der Waals surface area contributed by atoms with Gasteiger partial charge in [0.1, 0.15) is 0 Å². The summed E-state index contributed by atoms with van der Waals surface area (Å²) in [6, 6.07) is 2.52. The Morgan fingerprint density at radius 1 is 0.862 bits per heavy atom. The van der Waals surface area contributed by atoms with E-state index in [1.165, 1.54) is 76.3 Å². The number of phenolic OH excluding ortho intramolecular Hbond substituents is 3. The van der Waals surface area contributed by atoms with Crippen LogP contribution < -0.4 is 0 Å². The van der Waals surface area contributed by atoms with Crippen molar-refractivity contribution in [1.29, 1.82) is 0 Å². The van der Waals surface area contributed by atoms with Gasteiger partial charge in [-0.1, -0.05) is 84.5 Å². The largest absolute Gasteiger partial charge is 0.504 e. The highest BCUT2D eigenvalue weighted by Gasteiger charge is 2.14. The third-order valence-corrected chi connectivity index (χ3v) is 5.50. The summed E-state index contributed by atoms with van der Waals surface area (Å²) >= 11 is 0. The van der Waals surface area contributed by atoms with Gasteiger partial charge in [0, 0.05) is 0 Å². The molecule has 166 valence electrons. The SMILES string of the molecule is CCCCCCCCCCCCC(CC)COC(=O)Cc1cc(O)c(O)c(O)c1. The maximum absolute atomic E-state index is 12.0. The predicted octanol–water partition coefficient (Wildman–Crippen LogP) is 6.23. The molecule has 0 saturated carbocycles. The lowest BCUT2D eigenvalue weighted by molar-refractivity contribution is -0.144. The number of benzene rings is 1. The summed E-state index contributed by atoms with van der Waals surface area (Å²) in [5.41, 5.74) is 0.408. The fourth-order valence-electron chi connectivity index (χ4n) is 3.52. The fourth-order valence-corrected chi connectivity index (χ4v) is 3.52. The number of ether oxygens (including phenoxy) is 1. The molecule has 1 aromatic carbocycles. The summed E-state index contributed by atoms with van der Waals surface area (Å²) in [5, 5.41) is 28.4. The van der Waals surface area contributed by atoms with E-state index in [4.69, 9.17) is 4.74 Å². The highest BCUT2D eigenvalue weighted by molar-refractivity contribution is 5.73. The summed E-state index contributed by atoms with van der Waals surface area (Å²) in [5.74, 6) is -1.49. The number of carbonyl (C=O) groups is 1. The van der Waals surface area contributed by atoms with Crippen LogP contribution in [0.1, 0.15) is 96.5 Å². The van der Waals surface area contributed by atoms with Gasteiger partial charge < -0.3 is 20.1 Å². The second-order valence-electron chi connectivity index (χ2n) is 8.09. The Morgan fingerprint density at radius 3 is 1.90 bits per heavy atom. The van der Waals surface area contributed by atoms with Gasteiger partial charge in [0.05, 0.1) is 13.0 Å². The van der Waals surface area contributed by atoms with Crippen LogP contribution >= 0.6 is 0 Å². The van der Waals surface area contributed by atoms with Crippen LogP contribution in [0.25, 0.3) is 0 Å². The zero-order valence-corrected chi connectivity index (χ0v) is 18.3. The van der Waals surface area contributed by atoms with Gasteiger partial charge >= 0.3 is 5.97 Å². The lowest BCUT2D eigenvalue weighted by atomic mass is 9.98. The Balaban J connectivity index is 2.15. The third-order valence-electron chi connectivity index (χ3n) is 5.50. The van der Waals surface area contributed by atoms with Crippen molar-refractivity contribution < 1.29 is 24.9 Å². The van der Waals surface area contributed by atoms with Crippen LogP contribution in [0.5, 0.6) is 17.2 Å². The zero-order valence-electron chi connectivity index (χ0n) is 18.3. The number of esters is 1. The van der Waals surface area contributed by atoms with Crippen LogP contribution in [0.3, 0.4) is 0 Å². The molecule has 5 heteroatoms. The Hall–Kier alpha value is -1.91. The molecule has 29 heavy (non-hydrogen) atoms. The first kappa shape index (κ1) is 25.1. The lowest BCUT2D eigenvalue weighted by Crippen LogP contribution is -2.15. The van der Waals surface area contributed by atoms with Crippen LogP contribution in [-0.4, -0.2) is 27.9 Å². The Morgan fingerprint density at radius 2 is 1.38 bits per heavy atom. The van der Waals surface area contributed by atoms with Crippen molar-refractivity contribution in [2.75, 3.05) is 6.61 Å². The molecule has 5 nitrogen and oxygen atoms in total. The summed E-state index contributed by atoms with van der Waals surface area (Å²) in [7, 11) is 0. The Kier molecular flexibility index (Phi) is 13.0. The van der Waals surface area contributed by atoms with E-state index in [2.05, 4.69) is 13.8 Å². The molecule has 0 radical (unpaired) electrons. The lowest BCUT2D eigenvalue weighted by Gasteiger charge is -2.15. The average molecular weight is 409 g/mol. The van der Waals surface area contributed by atoms with Gasteiger partial charge in [0.2, 0.25) is 0 Å². The van der Waals surface area contributed by atoms with Crippen molar-refractivity contribution in [2.24, 2.45) is 5.92 Å². The molecule has 0 amide bonds. The molecule has 1 rings (SSSR count). The van der Waals surface area contributed by atoms with E-state index in [0.717, 1.165) is 12.8 Å². The summed E-state index contributed by atoms with van der Waals surface area (Å²) in [6.07, 6.45) is 15.2. The molecule has 0 aliphatic carbocycles. The minimum atomic E-state index is -0.579. The molecule has 0 aromatic heterocycles. The van der Waals surface area contributed by atoms with Crippen molar-refractivity contribution >= 4 is 5.97 Å². The molecular weight excluding hydrogens is 368 g/mol. The van der Waals surface area contributed by atoms with Gasteiger partial charge in [-0.25, -0.2) is 0 Å². The summed E-state index contributed by atoms with van der Waals surface area (Å²) in [6.45, 7) is 4.77. The molecule has 0 aliphatic heterocycles. The van der Waals surface area contributed by atoms with Crippen molar-refractivity contribution in [3.8, 4) is 17.2 Å². The molecule has 0 aliphatic rings. The van der Waals surface area contributed by atoms with E-state index in [1.54, 1.807) is 0 Å². The van der Waals surface area contributed by atoms with Gasteiger partial charge in [-0.15, -0.1) is 0 Å². The van der Waals surface area contributed by atoms with Crippen molar-refractivity contribution in [1.82, 2.24) is 0 Å². The minimum absolute atomic E-state index is 0.0455. The Labute approximate surface area is 176 Å². The molecule has 0 bridgehead atoms. The van der Waals surface area contributed by atoms with Crippen LogP contribution in [-0.2, 0) is 16.0 Å². The quantitative estimate of drug-likeness (QED) is 0.171. The van der Waals surface area contributed by atoms with Crippen molar-refractivity contribution in [3.63, 3.8) is 0 Å². The van der Waals surface area contributed by atoms with Crippen molar-refractivity contribution in [3.05, 3.63) is 17.7 Å². The molecule has 0 saturated heterocycles. The standard InChI is InChI=1S/C24H40O5/c1-3-5-6-7-8-9-10-11-12-13-14-19(4-2)18-29-23(27)17-20-15-21(25)24(28)22(26)16-20/h15-16,19,25-26,28H,3-14,17-18H2,1-2H3. The van der Waals surface area contributed by atoms with Crippen LogP contribution in [0.2, 0.25) is 0 Å². The first-order valence-corrected chi connectivity index (χ1v) is 11.4. The van der Waals surface area contributed by atoms with Gasteiger partial charge in [-0.2, -0.15) is 0 Å². The minimum Gasteiger partial charge on any atom is -0.504 e. The highest BCUT2D eigenvalue weighted by Crippen LogP contribution is 2.35. The normalized spacial score (nSPS) is 12.1. The molecule has 0 heterocycles. The number of unbranched alkanes of at least 4 members (excludes halogenated alkanes) is 9. The number of rotatable bonds is 16. The van der Waals surface area contributed by atoms with Gasteiger partial charge in [-0.05, 0) is 30.0 Å². The highest BCUT2D eigenvalue weighted by atomic mass is 16.5. The maximum Gasteiger partial charge on any atom is 0.310 e. The summed E-state index contributed by atoms with van der Waals surface area (Å²) in [4.78, 5) is 12.0. The fraction of sp³-hybridized carbons (Fsp3) is 0.708. The second-order valence-corrected chi connectivity index (χ2v) is 8.09. The number of aromatic hydroxyl groups is 3. The summed E-state index contributed by atoms with van der Waals surface area (Å²) < 4.78 is 5.39. The zero-order chi connectivity index (χ0) is 21.5. The Bertz CT molecular complexity index is 562. The first-order valence-electron chi connectivity index (χ1n) is 11.4. The number of carbonyl (C=O) groups excluding carboxylic acids is 1.